The van der Waals surface area contributed by atoms with Gasteiger partial charge in [0.25, 0.3) is 0 Å². The highest BCUT2D eigenvalue weighted by Crippen LogP contribution is 2.21. The Morgan fingerprint density at radius 1 is 1.38 bits per heavy atom. The van der Waals surface area contributed by atoms with Crippen molar-refractivity contribution < 1.29 is 0 Å². The number of anilines is 1. The first-order chi connectivity index (χ1) is 7.85. The fourth-order valence-electron chi connectivity index (χ4n) is 1.58. The monoisotopic (exact) mass is 212 g/mol. The Morgan fingerprint density at radius 3 is 3.00 bits per heavy atom. The van der Waals surface area contributed by atoms with Gasteiger partial charge < -0.3 is 11.1 Å². The molecule has 0 spiro atoms. The van der Waals surface area contributed by atoms with Crippen LogP contribution in [0.4, 0.5) is 5.82 Å². The summed E-state index contributed by atoms with van der Waals surface area (Å²) >= 11 is 0. The summed E-state index contributed by atoms with van der Waals surface area (Å²) in [4.78, 5) is 4.25. The van der Waals surface area contributed by atoms with Crippen molar-refractivity contribution in [2.75, 3.05) is 18.4 Å². The summed E-state index contributed by atoms with van der Waals surface area (Å²) in [6, 6.07) is 9.56. The minimum atomic E-state index is 0.564. The van der Waals surface area contributed by atoms with Crippen molar-refractivity contribution in [1.82, 2.24) is 4.98 Å². The highest BCUT2D eigenvalue weighted by atomic mass is 15.0. The predicted octanol–water partition coefficient (Wildman–Crippen LogP) is 1.48. The lowest BCUT2D eigenvalue weighted by Crippen LogP contribution is -2.13. The van der Waals surface area contributed by atoms with Gasteiger partial charge in [-0.1, -0.05) is 0 Å². The average molecular weight is 212 g/mol. The molecular weight excluding hydrogens is 200 g/mol. The molecule has 4 nitrogen and oxygen atoms in total. The van der Waals surface area contributed by atoms with Crippen molar-refractivity contribution in [2.24, 2.45) is 5.73 Å². The number of fused-ring (bicyclic) bond motifs is 1. The van der Waals surface area contributed by atoms with E-state index in [0.29, 0.717) is 18.7 Å². The molecule has 0 radical (unpaired) electrons. The van der Waals surface area contributed by atoms with Gasteiger partial charge in [0.05, 0.1) is 11.6 Å². The molecule has 0 atom stereocenters. The standard InChI is InChI=1S/C12H12N4/c13-4-6-16-12-11-2-1-9(8-14)7-10(11)3-5-15-12/h1-3,5,7H,4,6,13H2,(H,15,16). The van der Waals surface area contributed by atoms with Crippen LogP contribution in [0.2, 0.25) is 0 Å². The van der Waals surface area contributed by atoms with Crippen LogP contribution >= 0.6 is 0 Å². The van der Waals surface area contributed by atoms with E-state index >= 15 is 0 Å². The summed E-state index contributed by atoms with van der Waals surface area (Å²) in [5.41, 5.74) is 6.09. The third kappa shape index (κ3) is 1.95. The van der Waals surface area contributed by atoms with Gasteiger partial charge in [-0.3, -0.25) is 0 Å². The molecule has 2 aromatic rings. The molecule has 1 heterocycles. The molecule has 0 fully saturated rings. The molecular formula is C12H12N4. The van der Waals surface area contributed by atoms with Gasteiger partial charge in [-0.15, -0.1) is 0 Å². The molecule has 0 aliphatic carbocycles. The molecule has 1 aromatic heterocycles. The number of hydrogen-bond donors (Lipinski definition) is 2. The molecule has 0 bridgehead atoms. The Kier molecular flexibility index (Phi) is 2.99. The van der Waals surface area contributed by atoms with Crippen LogP contribution in [-0.4, -0.2) is 18.1 Å². The molecule has 0 amide bonds. The average Bonchev–Trinajstić information content (AvgIpc) is 2.35. The van der Waals surface area contributed by atoms with E-state index < -0.39 is 0 Å². The Balaban J connectivity index is 2.48. The number of nitrogens with zero attached hydrogens (tertiary/aromatic N) is 2. The molecule has 0 aliphatic rings. The SMILES string of the molecule is N#Cc1ccc2c(NCCN)nccc2c1. The van der Waals surface area contributed by atoms with Gasteiger partial charge in [0.15, 0.2) is 0 Å². The van der Waals surface area contributed by atoms with E-state index in [0.717, 1.165) is 16.6 Å². The van der Waals surface area contributed by atoms with Crippen LogP contribution in [0.1, 0.15) is 5.56 Å². The van der Waals surface area contributed by atoms with Crippen LogP contribution in [0.25, 0.3) is 10.8 Å². The Morgan fingerprint density at radius 2 is 2.25 bits per heavy atom. The Bertz CT molecular complexity index is 542. The Hall–Kier alpha value is -2.12. The Labute approximate surface area is 93.7 Å². The molecule has 0 aliphatic heterocycles. The zero-order valence-electron chi connectivity index (χ0n) is 8.77. The second kappa shape index (κ2) is 4.60. The van der Waals surface area contributed by atoms with E-state index in [1.165, 1.54) is 0 Å². The van der Waals surface area contributed by atoms with Crippen molar-refractivity contribution in [2.45, 2.75) is 0 Å². The van der Waals surface area contributed by atoms with Crippen molar-refractivity contribution >= 4 is 16.6 Å². The van der Waals surface area contributed by atoms with Gasteiger partial charge in [-0.05, 0) is 29.7 Å². The lowest BCUT2D eigenvalue weighted by molar-refractivity contribution is 1.01. The summed E-state index contributed by atoms with van der Waals surface area (Å²) in [6.45, 7) is 1.25. The third-order valence-corrected chi connectivity index (χ3v) is 2.33. The maximum absolute atomic E-state index is 8.81. The van der Waals surface area contributed by atoms with Gasteiger partial charge in [0, 0.05) is 24.7 Å². The predicted molar refractivity (Wildman–Crippen MR) is 64.0 cm³/mol. The lowest BCUT2D eigenvalue weighted by Gasteiger charge is -2.07. The van der Waals surface area contributed by atoms with Gasteiger partial charge in [0.2, 0.25) is 0 Å². The second-order valence-electron chi connectivity index (χ2n) is 3.42. The first-order valence-electron chi connectivity index (χ1n) is 5.08. The van der Waals surface area contributed by atoms with E-state index in [9.17, 15) is 0 Å². The van der Waals surface area contributed by atoms with E-state index in [2.05, 4.69) is 16.4 Å². The number of rotatable bonds is 3. The molecule has 2 rings (SSSR count). The van der Waals surface area contributed by atoms with Gasteiger partial charge in [0.1, 0.15) is 5.82 Å². The van der Waals surface area contributed by atoms with Crippen molar-refractivity contribution in [1.29, 1.82) is 5.26 Å². The molecule has 80 valence electrons. The normalized spacial score (nSPS) is 10.0. The molecule has 0 unspecified atom stereocenters. The summed E-state index contributed by atoms with van der Waals surface area (Å²) in [5, 5.41) is 14.0. The molecule has 4 heteroatoms. The van der Waals surface area contributed by atoms with Crippen LogP contribution < -0.4 is 11.1 Å². The third-order valence-electron chi connectivity index (χ3n) is 2.33. The smallest absolute Gasteiger partial charge is 0.133 e. The van der Waals surface area contributed by atoms with E-state index in [1.807, 2.05) is 18.2 Å². The van der Waals surface area contributed by atoms with E-state index in [-0.39, 0.29) is 0 Å². The van der Waals surface area contributed by atoms with E-state index in [4.69, 9.17) is 11.0 Å². The van der Waals surface area contributed by atoms with Crippen LogP contribution in [-0.2, 0) is 0 Å². The highest BCUT2D eigenvalue weighted by molar-refractivity contribution is 5.92. The fourth-order valence-corrected chi connectivity index (χ4v) is 1.58. The van der Waals surface area contributed by atoms with Crippen LogP contribution in [0, 0.1) is 11.3 Å². The number of benzene rings is 1. The number of nitrogens with two attached hydrogens (primary N) is 1. The number of nitriles is 1. The minimum absolute atomic E-state index is 0.564. The zero-order chi connectivity index (χ0) is 11.4. The quantitative estimate of drug-likeness (QED) is 0.808. The summed E-state index contributed by atoms with van der Waals surface area (Å²) in [7, 11) is 0. The molecule has 3 N–H and O–H groups in total. The maximum atomic E-state index is 8.81. The number of nitrogens with one attached hydrogen (secondary N) is 1. The minimum Gasteiger partial charge on any atom is -0.368 e. The number of pyridine rings is 1. The molecule has 1 aromatic carbocycles. The summed E-state index contributed by atoms with van der Waals surface area (Å²) in [6.07, 6.45) is 1.72. The van der Waals surface area contributed by atoms with Gasteiger partial charge >= 0.3 is 0 Å². The highest BCUT2D eigenvalue weighted by Gasteiger charge is 2.02. The van der Waals surface area contributed by atoms with Crippen LogP contribution in [0.15, 0.2) is 30.5 Å². The largest absolute Gasteiger partial charge is 0.368 e. The number of aromatic nitrogens is 1. The lowest BCUT2D eigenvalue weighted by atomic mass is 10.1. The molecule has 0 saturated heterocycles. The van der Waals surface area contributed by atoms with Crippen molar-refractivity contribution in [3.8, 4) is 6.07 Å². The van der Waals surface area contributed by atoms with Gasteiger partial charge in [-0.2, -0.15) is 5.26 Å². The van der Waals surface area contributed by atoms with E-state index in [1.54, 1.807) is 12.3 Å². The van der Waals surface area contributed by atoms with Gasteiger partial charge in [-0.25, -0.2) is 4.98 Å². The van der Waals surface area contributed by atoms with Crippen LogP contribution in [0.3, 0.4) is 0 Å². The van der Waals surface area contributed by atoms with Crippen LogP contribution in [0.5, 0.6) is 0 Å². The summed E-state index contributed by atoms with van der Waals surface area (Å²) in [5.74, 6) is 0.812. The zero-order valence-corrected chi connectivity index (χ0v) is 8.77. The summed E-state index contributed by atoms with van der Waals surface area (Å²) < 4.78 is 0. The first-order valence-corrected chi connectivity index (χ1v) is 5.08. The molecule has 0 saturated carbocycles. The topological polar surface area (TPSA) is 74.7 Å². The second-order valence-corrected chi connectivity index (χ2v) is 3.42. The van der Waals surface area contributed by atoms with Crippen molar-refractivity contribution in [3.05, 3.63) is 36.0 Å². The maximum Gasteiger partial charge on any atom is 0.133 e. The first kappa shape index (κ1) is 10.4. The van der Waals surface area contributed by atoms with Crippen molar-refractivity contribution in [3.63, 3.8) is 0 Å². The molecule has 16 heavy (non-hydrogen) atoms. The fraction of sp³-hybridized carbons (Fsp3) is 0.167. The number of hydrogen-bond acceptors (Lipinski definition) is 4.